The first-order valence-corrected chi connectivity index (χ1v) is 8.80. The van der Waals surface area contributed by atoms with Crippen LogP contribution in [0.4, 0.5) is 5.69 Å². The standard InChI is InChI=1S/C18H21ClN4O3/c1-18(2,3)17-20-14-6-7-22(10-13(14)16(24)21-17)9-11-4-5-12(19)8-15(11)23(25)26/h4-5,8H,6-7,9-10H2,1-3H3,(H,20,21,24). The van der Waals surface area contributed by atoms with Crippen molar-refractivity contribution in [2.24, 2.45) is 0 Å². The number of aromatic nitrogens is 2. The minimum atomic E-state index is -0.428. The van der Waals surface area contributed by atoms with Crippen LogP contribution >= 0.6 is 11.6 Å². The van der Waals surface area contributed by atoms with Gasteiger partial charge in [0.15, 0.2) is 0 Å². The van der Waals surface area contributed by atoms with Crippen molar-refractivity contribution in [1.82, 2.24) is 14.9 Å². The van der Waals surface area contributed by atoms with Gasteiger partial charge in [-0.25, -0.2) is 4.98 Å². The average Bonchev–Trinajstić information content (AvgIpc) is 2.55. The predicted molar refractivity (Wildman–Crippen MR) is 99.5 cm³/mol. The summed E-state index contributed by atoms with van der Waals surface area (Å²) in [7, 11) is 0. The first-order valence-electron chi connectivity index (χ1n) is 8.43. The van der Waals surface area contributed by atoms with Gasteiger partial charge in [0.1, 0.15) is 5.82 Å². The minimum Gasteiger partial charge on any atom is -0.310 e. The molecule has 0 atom stereocenters. The second-order valence-corrected chi connectivity index (χ2v) is 8.02. The van der Waals surface area contributed by atoms with Crippen LogP contribution in [-0.2, 0) is 24.9 Å². The van der Waals surface area contributed by atoms with Crippen LogP contribution in [0, 0.1) is 10.1 Å². The zero-order valence-electron chi connectivity index (χ0n) is 15.0. The number of benzene rings is 1. The molecule has 1 aromatic carbocycles. The van der Waals surface area contributed by atoms with Crippen LogP contribution in [0.5, 0.6) is 0 Å². The van der Waals surface area contributed by atoms with Gasteiger partial charge in [0, 0.05) is 48.1 Å². The van der Waals surface area contributed by atoms with E-state index in [1.165, 1.54) is 6.07 Å². The van der Waals surface area contributed by atoms with Crippen LogP contribution in [0.25, 0.3) is 0 Å². The van der Waals surface area contributed by atoms with Gasteiger partial charge in [-0.05, 0) is 12.1 Å². The first kappa shape index (κ1) is 18.5. The van der Waals surface area contributed by atoms with Crippen molar-refractivity contribution in [2.75, 3.05) is 6.54 Å². The van der Waals surface area contributed by atoms with Gasteiger partial charge in [-0.15, -0.1) is 0 Å². The normalized spacial score (nSPS) is 14.9. The molecule has 0 amide bonds. The highest BCUT2D eigenvalue weighted by Gasteiger charge is 2.26. The maximum atomic E-state index is 12.5. The zero-order valence-corrected chi connectivity index (χ0v) is 15.8. The summed E-state index contributed by atoms with van der Waals surface area (Å²) in [6, 6.07) is 4.67. The summed E-state index contributed by atoms with van der Waals surface area (Å²) in [5.74, 6) is 0.683. The highest BCUT2D eigenvalue weighted by Crippen LogP contribution is 2.26. The van der Waals surface area contributed by atoms with Gasteiger partial charge in [-0.1, -0.05) is 32.4 Å². The molecule has 0 saturated carbocycles. The molecule has 0 saturated heterocycles. The fraction of sp³-hybridized carbons (Fsp3) is 0.444. The largest absolute Gasteiger partial charge is 0.310 e. The molecule has 8 heteroatoms. The average molecular weight is 377 g/mol. The molecule has 2 aromatic rings. The van der Waals surface area contributed by atoms with Gasteiger partial charge in [-0.3, -0.25) is 19.8 Å². The molecule has 1 aliphatic rings. The molecule has 0 bridgehead atoms. The Morgan fingerprint density at radius 1 is 1.38 bits per heavy atom. The molecule has 3 rings (SSSR count). The molecule has 2 heterocycles. The van der Waals surface area contributed by atoms with Crippen LogP contribution in [0.2, 0.25) is 5.02 Å². The van der Waals surface area contributed by atoms with Crippen molar-refractivity contribution in [3.8, 4) is 0 Å². The maximum Gasteiger partial charge on any atom is 0.275 e. The zero-order chi connectivity index (χ0) is 19.1. The summed E-state index contributed by atoms with van der Waals surface area (Å²) in [6.45, 7) is 7.51. The molecule has 0 fully saturated rings. The quantitative estimate of drug-likeness (QED) is 0.656. The summed E-state index contributed by atoms with van der Waals surface area (Å²) < 4.78 is 0. The summed E-state index contributed by atoms with van der Waals surface area (Å²) in [5, 5.41) is 11.6. The number of rotatable bonds is 3. The van der Waals surface area contributed by atoms with Crippen molar-refractivity contribution in [1.29, 1.82) is 0 Å². The van der Waals surface area contributed by atoms with E-state index < -0.39 is 4.92 Å². The number of halogens is 1. The fourth-order valence-corrected chi connectivity index (χ4v) is 3.22. The van der Waals surface area contributed by atoms with E-state index in [1.54, 1.807) is 12.1 Å². The molecule has 0 aliphatic carbocycles. The number of nitro benzene ring substituents is 1. The number of aromatic amines is 1. The summed E-state index contributed by atoms with van der Waals surface area (Å²) in [4.78, 5) is 32.9. The molecule has 1 N–H and O–H groups in total. The second-order valence-electron chi connectivity index (χ2n) is 7.58. The van der Waals surface area contributed by atoms with E-state index in [0.29, 0.717) is 48.0 Å². The van der Waals surface area contributed by atoms with Crippen molar-refractivity contribution in [3.63, 3.8) is 0 Å². The topological polar surface area (TPSA) is 92.1 Å². The lowest BCUT2D eigenvalue weighted by atomic mass is 9.95. The Labute approximate surface area is 156 Å². The highest BCUT2D eigenvalue weighted by molar-refractivity contribution is 6.30. The lowest BCUT2D eigenvalue weighted by Gasteiger charge is -2.28. The van der Waals surface area contributed by atoms with Gasteiger partial charge < -0.3 is 4.98 Å². The second kappa shape index (κ2) is 6.81. The molecule has 0 radical (unpaired) electrons. The molecule has 0 spiro atoms. The summed E-state index contributed by atoms with van der Waals surface area (Å²) in [6.07, 6.45) is 0.643. The Morgan fingerprint density at radius 2 is 2.12 bits per heavy atom. The maximum absolute atomic E-state index is 12.5. The third kappa shape index (κ3) is 3.78. The number of nitrogens with zero attached hydrogens (tertiary/aromatic N) is 3. The Morgan fingerprint density at radius 3 is 2.77 bits per heavy atom. The van der Waals surface area contributed by atoms with Crippen LogP contribution in [0.3, 0.4) is 0 Å². The monoisotopic (exact) mass is 376 g/mol. The summed E-state index contributed by atoms with van der Waals surface area (Å²) >= 11 is 5.87. The van der Waals surface area contributed by atoms with E-state index in [0.717, 1.165) is 5.69 Å². The predicted octanol–water partition coefficient (Wildman–Crippen LogP) is 3.19. The number of H-pyrrole nitrogens is 1. The third-order valence-corrected chi connectivity index (χ3v) is 4.73. The van der Waals surface area contributed by atoms with Crippen LogP contribution in [-0.4, -0.2) is 26.3 Å². The number of fused-ring (bicyclic) bond motifs is 1. The van der Waals surface area contributed by atoms with E-state index >= 15 is 0 Å². The smallest absolute Gasteiger partial charge is 0.275 e. The van der Waals surface area contributed by atoms with Crippen molar-refractivity contribution >= 4 is 17.3 Å². The SMILES string of the molecule is CC(C)(C)c1nc2c(c(=O)[nH]1)CN(Cc1ccc(Cl)cc1[N+](=O)[O-])CC2. The molecule has 26 heavy (non-hydrogen) atoms. The lowest BCUT2D eigenvalue weighted by molar-refractivity contribution is -0.385. The molecular weight excluding hydrogens is 356 g/mol. The van der Waals surface area contributed by atoms with Gasteiger partial charge in [-0.2, -0.15) is 0 Å². The van der Waals surface area contributed by atoms with Crippen LogP contribution in [0.1, 0.15) is 43.4 Å². The minimum absolute atomic E-state index is 0.00147. The number of hydrogen-bond acceptors (Lipinski definition) is 5. The molecule has 1 aromatic heterocycles. The molecule has 0 unspecified atom stereocenters. The Hall–Kier alpha value is -2.25. The van der Waals surface area contributed by atoms with E-state index in [2.05, 4.69) is 9.97 Å². The first-order chi connectivity index (χ1) is 12.1. The van der Waals surface area contributed by atoms with Crippen LogP contribution < -0.4 is 5.56 Å². The van der Waals surface area contributed by atoms with E-state index in [-0.39, 0.29) is 16.7 Å². The number of nitro groups is 1. The Bertz CT molecular complexity index is 918. The molecule has 7 nitrogen and oxygen atoms in total. The van der Waals surface area contributed by atoms with Gasteiger partial charge >= 0.3 is 0 Å². The summed E-state index contributed by atoms with van der Waals surface area (Å²) in [5.41, 5.74) is 1.68. The van der Waals surface area contributed by atoms with Crippen LogP contribution in [0.15, 0.2) is 23.0 Å². The molecule has 138 valence electrons. The van der Waals surface area contributed by atoms with Crippen molar-refractivity contribution < 1.29 is 4.92 Å². The van der Waals surface area contributed by atoms with Crippen molar-refractivity contribution in [3.05, 3.63) is 66.3 Å². The van der Waals surface area contributed by atoms with E-state index in [4.69, 9.17) is 11.6 Å². The van der Waals surface area contributed by atoms with E-state index in [9.17, 15) is 14.9 Å². The fourth-order valence-electron chi connectivity index (χ4n) is 3.05. The highest BCUT2D eigenvalue weighted by atomic mass is 35.5. The van der Waals surface area contributed by atoms with E-state index in [1.807, 2.05) is 25.7 Å². The van der Waals surface area contributed by atoms with Gasteiger partial charge in [0.25, 0.3) is 11.2 Å². The number of hydrogen-bond donors (Lipinski definition) is 1. The van der Waals surface area contributed by atoms with Crippen molar-refractivity contribution in [2.45, 2.75) is 45.7 Å². The number of nitrogens with one attached hydrogen (secondary N) is 1. The van der Waals surface area contributed by atoms with Gasteiger partial charge in [0.05, 0.1) is 16.2 Å². The molecule has 1 aliphatic heterocycles. The lowest BCUT2D eigenvalue weighted by Crippen LogP contribution is -2.37. The third-order valence-electron chi connectivity index (χ3n) is 4.50. The Balaban J connectivity index is 1.86. The van der Waals surface area contributed by atoms with Gasteiger partial charge in [0.2, 0.25) is 0 Å². The Kier molecular flexibility index (Phi) is 4.86. The molecular formula is C18H21ClN4O3.